The van der Waals surface area contributed by atoms with Crippen LogP contribution in [0.5, 0.6) is 0 Å². The highest BCUT2D eigenvalue weighted by Crippen LogP contribution is 2.16. The molecule has 7 nitrogen and oxygen atoms in total. The Hall–Kier alpha value is -3.66. The largest absolute Gasteiger partial charge is 0.465 e. The van der Waals surface area contributed by atoms with Crippen LogP contribution in [0, 0.1) is 11.3 Å². The molecule has 0 aromatic heterocycles. The van der Waals surface area contributed by atoms with Crippen molar-refractivity contribution in [3.63, 3.8) is 0 Å². The Balaban J connectivity index is 2.06. The van der Waals surface area contributed by atoms with Gasteiger partial charge in [0.1, 0.15) is 6.54 Å². The third kappa shape index (κ3) is 4.68. The van der Waals surface area contributed by atoms with Crippen molar-refractivity contribution in [2.75, 3.05) is 23.9 Å². The second kappa shape index (κ2) is 8.44. The molecule has 0 spiro atoms. The normalized spacial score (nSPS) is 9.73. The van der Waals surface area contributed by atoms with Crippen molar-refractivity contribution in [1.29, 1.82) is 5.26 Å². The summed E-state index contributed by atoms with van der Waals surface area (Å²) in [7, 11) is 1.29. The molecule has 2 rings (SSSR count). The van der Waals surface area contributed by atoms with Crippen LogP contribution in [0.2, 0.25) is 0 Å². The topological polar surface area (TPSA) is 99.5 Å². The first-order valence-corrected chi connectivity index (χ1v) is 7.71. The lowest BCUT2D eigenvalue weighted by Gasteiger charge is -2.20. The number of carbonyl (C=O) groups excluding carboxylic acids is 3. The molecule has 0 aliphatic heterocycles. The van der Waals surface area contributed by atoms with E-state index in [1.807, 2.05) is 6.07 Å². The van der Waals surface area contributed by atoms with Gasteiger partial charge in [-0.05, 0) is 48.5 Å². The van der Waals surface area contributed by atoms with Gasteiger partial charge in [-0.25, -0.2) is 4.79 Å². The average molecular weight is 351 g/mol. The van der Waals surface area contributed by atoms with Gasteiger partial charge in [-0.15, -0.1) is 0 Å². The van der Waals surface area contributed by atoms with E-state index < -0.39 is 11.9 Å². The van der Waals surface area contributed by atoms with Crippen LogP contribution in [0.15, 0.2) is 48.5 Å². The van der Waals surface area contributed by atoms with Crippen molar-refractivity contribution < 1.29 is 19.1 Å². The van der Waals surface area contributed by atoms with Crippen LogP contribution in [0.4, 0.5) is 11.4 Å². The summed E-state index contributed by atoms with van der Waals surface area (Å²) < 4.78 is 4.61. The number of nitrogens with one attached hydrogen (secondary N) is 1. The molecule has 2 amide bonds. The summed E-state index contributed by atoms with van der Waals surface area (Å²) in [6.07, 6.45) is 0. The highest BCUT2D eigenvalue weighted by atomic mass is 16.5. The predicted molar refractivity (Wildman–Crippen MR) is 95.6 cm³/mol. The molecule has 0 heterocycles. The van der Waals surface area contributed by atoms with E-state index in [-0.39, 0.29) is 12.5 Å². The fourth-order valence-electron chi connectivity index (χ4n) is 2.25. The van der Waals surface area contributed by atoms with Crippen LogP contribution in [0.1, 0.15) is 22.8 Å². The maximum atomic E-state index is 12.2. The summed E-state index contributed by atoms with van der Waals surface area (Å²) in [4.78, 5) is 36.8. The molecule has 0 unspecified atom stereocenters. The van der Waals surface area contributed by atoms with Crippen LogP contribution in [-0.2, 0) is 14.3 Å². The number of esters is 1. The Morgan fingerprint density at radius 3 is 2.19 bits per heavy atom. The molecule has 0 aliphatic rings. The van der Waals surface area contributed by atoms with E-state index in [0.717, 1.165) is 0 Å². The standard InChI is InChI=1S/C19H17N3O4/c1-13(23)22(17-9-3-14(11-20)4-10-17)12-18(24)21-16-7-5-15(6-8-16)19(25)26-2/h3-10H,12H2,1-2H3,(H,21,24). The highest BCUT2D eigenvalue weighted by Gasteiger charge is 2.16. The van der Waals surface area contributed by atoms with Gasteiger partial charge in [-0.2, -0.15) is 5.26 Å². The molecule has 132 valence electrons. The zero-order valence-corrected chi connectivity index (χ0v) is 14.4. The molecule has 0 fully saturated rings. The van der Waals surface area contributed by atoms with Crippen LogP contribution < -0.4 is 10.2 Å². The minimum Gasteiger partial charge on any atom is -0.465 e. The average Bonchev–Trinajstić information content (AvgIpc) is 2.66. The van der Waals surface area contributed by atoms with E-state index in [1.54, 1.807) is 36.4 Å². The van der Waals surface area contributed by atoms with Crippen LogP contribution in [0.3, 0.4) is 0 Å². The molecule has 0 bridgehead atoms. The maximum Gasteiger partial charge on any atom is 0.337 e. The SMILES string of the molecule is COC(=O)c1ccc(NC(=O)CN(C(C)=O)c2ccc(C#N)cc2)cc1. The summed E-state index contributed by atoms with van der Waals surface area (Å²) in [5, 5.41) is 11.5. The van der Waals surface area contributed by atoms with Crippen LogP contribution >= 0.6 is 0 Å². The van der Waals surface area contributed by atoms with Crippen molar-refractivity contribution >= 4 is 29.2 Å². The van der Waals surface area contributed by atoms with Crippen molar-refractivity contribution in [1.82, 2.24) is 0 Å². The second-order valence-corrected chi connectivity index (χ2v) is 5.38. The molecule has 0 saturated heterocycles. The Morgan fingerprint density at radius 2 is 1.69 bits per heavy atom. The van der Waals surface area contributed by atoms with E-state index in [1.165, 1.54) is 31.1 Å². The predicted octanol–water partition coefficient (Wildman–Crippen LogP) is 2.34. The van der Waals surface area contributed by atoms with Gasteiger partial charge < -0.3 is 15.0 Å². The molecule has 0 atom stereocenters. The molecule has 0 radical (unpaired) electrons. The summed E-state index contributed by atoms with van der Waals surface area (Å²) in [5.41, 5.74) is 1.85. The van der Waals surface area contributed by atoms with Gasteiger partial charge in [0.2, 0.25) is 11.8 Å². The number of carbonyl (C=O) groups is 3. The summed E-state index contributed by atoms with van der Waals surface area (Å²) in [5.74, 6) is -1.16. The molecule has 0 saturated carbocycles. The van der Waals surface area contributed by atoms with E-state index in [9.17, 15) is 14.4 Å². The number of ether oxygens (including phenoxy) is 1. The minimum atomic E-state index is -0.466. The molecular formula is C19H17N3O4. The first-order chi connectivity index (χ1) is 12.4. The number of nitriles is 1. The van der Waals surface area contributed by atoms with Crippen molar-refractivity contribution in [3.05, 3.63) is 59.7 Å². The Morgan fingerprint density at radius 1 is 1.08 bits per heavy atom. The molecule has 7 heteroatoms. The third-order valence-electron chi connectivity index (χ3n) is 3.58. The third-order valence-corrected chi connectivity index (χ3v) is 3.58. The lowest BCUT2D eigenvalue weighted by Crippen LogP contribution is -2.36. The monoisotopic (exact) mass is 351 g/mol. The van der Waals surface area contributed by atoms with Crippen LogP contribution in [-0.4, -0.2) is 31.4 Å². The lowest BCUT2D eigenvalue weighted by molar-refractivity contribution is -0.120. The number of nitrogens with zero attached hydrogens (tertiary/aromatic N) is 2. The van der Waals surface area contributed by atoms with E-state index in [2.05, 4.69) is 10.1 Å². The summed E-state index contributed by atoms with van der Waals surface area (Å²) >= 11 is 0. The highest BCUT2D eigenvalue weighted by molar-refractivity contribution is 6.02. The van der Waals surface area contributed by atoms with Crippen molar-refractivity contribution in [2.24, 2.45) is 0 Å². The number of methoxy groups -OCH3 is 1. The molecule has 26 heavy (non-hydrogen) atoms. The molecule has 2 aromatic rings. The van der Waals surface area contributed by atoms with E-state index >= 15 is 0 Å². The molecular weight excluding hydrogens is 334 g/mol. The number of anilines is 2. The molecule has 1 N–H and O–H groups in total. The minimum absolute atomic E-state index is 0.181. The number of hydrogen-bond acceptors (Lipinski definition) is 5. The first kappa shape index (κ1) is 18.7. The van der Waals surface area contributed by atoms with Gasteiger partial charge in [-0.1, -0.05) is 0 Å². The number of benzene rings is 2. The van der Waals surface area contributed by atoms with Gasteiger partial charge in [0.15, 0.2) is 0 Å². The van der Waals surface area contributed by atoms with Crippen LogP contribution in [0.25, 0.3) is 0 Å². The van der Waals surface area contributed by atoms with E-state index in [4.69, 9.17) is 5.26 Å². The number of hydrogen-bond donors (Lipinski definition) is 1. The maximum absolute atomic E-state index is 12.2. The van der Waals surface area contributed by atoms with Gasteiger partial charge in [0.25, 0.3) is 0 Å². The lowest BCUT2D eigenvalue weighted by atomic mass is 10.2. The quantitative estimate of drug-likeness (QED) is 0.834. The van der Waals surface area contributed by atoms with Crippen molar-refractivity contribution in [3.8, 4) is 6.07 Å². The smallest absolute Gasteiger partial charge is 0.337 e. The zero-order chi connectivity index (χ0) is 19.1. The number of amides is 2. The first-order valence-electron chi connectivity index (χ1n) is 7.71. The Labute approximate surface area is 150 Å². The fraction of sp³-hybridized carbons (Fsp3) is 0.158. The van der Waals surface area contributed by atoms with Gasteiger partial charge in [0.05, 0.1) is 24.3 Å². The number of rotatable bonds is 5. The van der Waals surface area contributed by atoms with Gasteiger partial charge in [0, 0.05) is 18.3 Å². The summed E-state index contributed by atoms with van der Waals surface area (Å²) in [6.45, 7) is 1.18. The second-order valence-electron chi connectivity index (χ2n) is 5.38. The Bertz CT molecular complexity index is 852. The zero-order valence-electron chi connectivity index (χ0n) is 14.4. The Kier molecular flexibility index (Phi) is 6.06. The van der Waals surface area contributed by atoms with Crippen molar-refractivity contribution in [2.45, 2.75) is 6.92 Å². The molecule has 0 aliphatic carbocycles. The fourth-order valence-corrected chi connectivity index (χ4v) is 2.25. The van der Waals surface area contributed by atoms with E-state index in [0.29, 0.717) is 22.5 Å². The summed E-state index contributed by atoms with van der Waals surface area (Å²) in [6, 6.07) is 14.6. The van der Waals surface area contributed by atoms with Gasteiger partial charge in [-0.3, -0.25) is 9.59 Å². The van der Waals surface area contributed by atoms with Gasteiger partial charge >= 0.3 is 5.97 Å². The molecule has 2 aromatic carbocycles.